The predicted octanol–water partition coefficient (Wildman–Crippen LogP) is 4.20. The fraction of sp³-hybridized carbons (Fsp3) is 0. The molecule has 0 spiro atoms. The number of rotatable bonds is 2. The maximum Gasteiger partial charge on any atom is 0.151 e. The van der Waals surface area contributed by atoms with Gasteiger partial charge in [0.25, 0.3) is 0 Å². The van der Waals surface area contributed by atoms with Gasteiger partial charge in [0.05, 0.1) is 5.69 Å². The maximum absolute atomic E-state index is 13.3. The van der Waals surface area contributed by atoms with Crippen molar-refractivity contribution < 1.29 is 4.39 Å². The Kier molecular flexibility index (Phi) is 3.43. The van der Waals surface area contributed by atoms with Gasteiger partial charge in [-0.15, -0.1) is 0 Å². The van der Waals surface area contributed by atoms with Gasteiger partial charge >= 0.3 is 0 Å². The molecular weight excluding hydrogens is 289 g/mol. The monoisotopic (exact) mass is 297 g/mol. The Hall–Kier alpha value is -2.64. The molecule has 0 aliphatic rings. The van der Waals surface area contributed by atoms with Crippen LogP contribution in [0.4, 0.5) is 4.39 Å². The van der Waals surface area contributed by atoms with Gasteiger partial charge < -0.3 is 0 Å². The Morgan fingerprint density at radius 3 is 2.52 bits per heavy atom. The molecule has 0 unspecified atom stereocenters. The van der Waals surface area contributed by atoms with Crippen LogP contribution < -0.4 is 0 Å². The number of hydrogen-bond donors (Lipinski definition) is 0. The molecule has 1 aromatic heterocycles. The third-order valence-electron chi connectivity index (χ3n) is 3.04. The smallest absolute Gasteiger partial charge is 0.151 e. The highest BCUT2D eigenvalue weighted by Crippen LogP contribution is 2.30. The van der Waals surface area contributed by atoms with Gasteiger partial charge in [0.1, 0.15) is 23.1 Å². The van der Waals surface area contributed by atoms with Gasteiger partial charge in [-0.1, -0.05) is 48.0 Å². The van der Waals surface area contributed by atoms with E-state index in [1.54, 1.807) is 12.1 Å². The van der Waals surface area contributed by atoms with Gasteiger partial charge in [0, 0.05) is 5.56 Å². The number of aromatic nitrogens is 2. The highest BCUT2D eigenvalue weighted by Gasteiger charge is 2.18. The number of halogens is 2. The number of nitrogens with zero attached hydrogens (tertiary/aromatic N) is 3. The highest BCUT2D eigenvalue weighted by molar-refractivity contribution is 6.31. The standard InChI is InChI=1S/C16H9ClFN3/c17-16-14(10-19)15(11-5-2-1-3-6-11)20-21(16)13-8-4-7-12(18)9-13/h1-9H. The van der Waals surface area contributed by atoms with Crippen LogP contribution >= 0.6 is 11.6 Å². The van der Waals surface area contributed by atoms with Crippen LogP contribution in [-0.4, -0.2) is 9.78 Å². The largest absolute Gasteiger partial charge is 0.220 e. The molecule has 0 aliphatic heterocycles. The van der Waals surface area contributed by atoms with Crippen LogP contribution in [0, 0.1) is 17.1 Å². The molecule has 102 valence electrons. The average Bonchev–Trinajstić information content (AvgIpc) is 2.85. The molecule has 0 bridgehead atoms. The van der Waals surface area contributed by atoms with E-state index in [0.717, 1.165) is 5.56 Å². The molecule has 0 aliphatic carbocycles. The number of benzene rings is 2. The van der Waals surface area contributed by atoms with Gasteiger partial charge in [-0.2, -0.15) is 10.4 Å². The van der Waals surface area contributed by atoms with E-state index < -0.39 is 0 Å². The first-order valence-corrected chi connectivity index (χ1v) is 6.58. The molecule has 0 radical (unpaired) electrons. The maximum atomic E-state index is 13.3. The Bertz CT molecular complexity index is 834. The predicted molar refractivity (Wildman–Crippen MR) is 78.7 cm³/mol. The molecule has 3 aromatic rings. The number of nitriles is 1. The first kappa shape index (κ1) is 13.3. The molecule has 2 aromatic carbocycles. The summed E-state index contributed by atoms with van der Waals surface area (Å²) in [7, 11) is 0. The molecule has 0 saturated carbocycles. The molecular formula is C16H9ClFN3. The third kappa shape index (κ3) is 2.39. The Balaban J connectivity index is 2.21. The van der Waals surface area contributed by atoms with Crippen LogP contribution in [0.15, 0.2) is 54.6 Å². The van der Waals surface area contributed by atoms with Crippen molar-refractivity contribution in [3.63, 3.8) is 0 Å². The summed E-state index contributed by atoms with van der Waals surface area (Å²) in [6.07, 6.45) is 0. The Labute approximate surface area is 125 Å². The van der Waals surface area contributed by atoms with E-state index >= 15 is 0 Å². The Morgan fingerprint density at radius 1 is 1.10 bits per heavy atom. The lowest BCUT2D eigenvalue weighted by Gasteiger charge is -2.02. The minimum atomic E-state index is -0.390. The normalized spacial score (nSPS) is 10.3. The molecule has 0 amide bonds. The second kappa shape index (κ2) is 5.39. The molecule has 3 rings (SSSR count). The summed E-state index contributed by atoms with van der Waals surface area (Å²) in [6.45, 7) is 0. The third-order valence-corrected chi connectivity index (χ3v) is 3.39. The molecule has 1 heterocycles. The van der Waals surface area contributed by atoms with E-state index in [9.17, 15) is 9.65 Å². The zero-order valence-corrected chi connectivity index (χ0v) is 11.5. The van der Waals surface area contributed by atoms with E-state index in [2.05, 4.69) is 11.2 Å². The van der Waals surface area contributed by atoms with Crippen molar-refractivity contribution >= 4 is 11.6 Å². The average molecular weight is 298 g/mol. The summed E-state index contributed by atoms with van der Waals surface area (Å²) >= 11 is 6.22. The minimum absolute atomic E-state index is 0.168. The second-order valence-corrected chi connectivity index (χ2v) is 4.74. The first-order chi connectivity index (χ1) is 10.2. The fourth-order valence-electron chi connectivity index (χ4n) is 2.07. The van der Waals surface area contributed by atoms with E-state index in [4.69, 9.17) is 11.6 Å². The molecule has 0 saturated heterocycles. The lowest BCUT2D eigenvalue weighted by atomic mass is 10.1. The van der Waals surface area contributed by atoms with Crippen molar-refractivity contribution in [3.8, 4) is 23.0 Å². The summed E-state index contributed by atoms with van der Waals surface area (Å²) in [4.78, 5) is 0. The summed E-state index contributed by atoms with van der Waals surface area (Å²) in [5.74, 6) is -0.390. The van der Waals surface area contributed by atoms with E-state index in [-0.39, 0.29) is 16.5 Å². The van der Waals surface area contributed by atoms with Crippen molar-refractivity contribution in [3.05, 3.63) is 71.1 Å². The van der Waals surface area contributed by atoms with Crippen LogP contribution in [0.1, 0.15) is 5.56 Å². The zero-order valence-electron chi connectivity index (χ0n) is 10.8. The lowest BCUT2D eigenvalue weighted by molar-refractivity contribution is 0.625. The molecule has 21 heavy (non-hydrogen) atoms. The number of hydrogen-bond acceptors (Lipinski definition) is 2. The van der Waals surface area contributed by atoms with Crippen molar-refractivity contribution in [1.29, 1.82) is 5.26 Å². The first-order valence-electron chi connectivity index (χ1n) is 6.20. The molecule has 0 atom stereocenters. The molecule has 0 fully saturated rings. The summed E-state index contributed by atoms with van der Waals surface area (Å²) in [5, 5.41) is 13.8. The van der Waals surface area contributed by atoms with E-state index in [0.29, 0.717) is 11.4 Å². The van der Waals surface area contributed by atoms with Crippen molar-refractivity contribution in [2.45, 2.75) is 0 Å². The topological polar surface area (TPSA) is 41.6 Å². The molecule has 3 nitrogen and oxygen atoms in total. The highest BCUT2D eigenvalue weighted by atomic mass is 35.5. The van der Waals surface area contributed by atoms with Gasteiger partial charge in [-0.05, 0) is 18.2 Å². The van der Waals surface area contributed by atoms with Gasteiger partial charge in [-0.3, -0.25) is 0 Å². The zero-order chi connectivity index (χ0) is 14.8. The van der Waals surface area contributed by atoms with E-state index in [1.165, 1.54) is 16.8 Å². The van der Waals surface area contributed by atoms with Crippen LogP contribution in [0.3, 0.4) is 0 Å². The fourth-order valence-corrected chi connectivity index (χ4v) is 2.34. The van der Waals surface area contributed by atoms with Crippen LogP contribution in [0.25, 0.3) is 16.9 Å². The Morgan fingerprint density at radius 2 is 1.86 bits per heavy atom. The summed E-state index contributed by atoms with van der Waals surface area (Å²) in [6, 6.07) is 17.2. The van der Waals surface area contributed by atoms with Crippen molar-refractivity contribution in [2.24, 2.45) is 0 Å². The van der Waals surface area contributed by atoms with Crippen molar-refractivity contribution in [2.75, 3.05) is 0 Å². The van der Waals surface area contributed by atoms with Gasteiger partial charge in [0.15, 0.2) is 5.15 Å². The van der Waals surface area contributed by atoms with Crippen LogP contribution in [0.2, 0.25) is 5.15 Å². The summed E-state index contributed by atoms with van der Waals surface area (Å²) in [5.41, 5.74) is 2.00. The minimum Gasteiger partial charge on any atom is -0.220 e. The van der Waals surface area contributed by atoms with E-state index in [1.807, 2.05) is 30.3 Å². The van der Waals surface area contributed by atoms with Crippen molar-refractivity contribution in [1.82, 2.24) is 9.78 Å². The molecule has 0 N–H and O–H groups in total. The van der Waals surface area contributed by atoms with Gasteiger partial charge in [0.2, 0.25) is 0 Å². The SMILES string of the molecule is N#Cc1c(-c2ccccc2)nn(-c2cccc(F)c2)c1Cl. The quantitative estimate of drug-likeness (QED) is 0.711. The van der Waals surface area contributed by atoms with Crippen LogP contribution in [0.5, 0.6) is 0 Å². The van der Waals surface area contributed by atoms with Crippen LogP contribution in [-0.2, 0) is 0 Å². The summed E-state index contributed by atoms with van der Waals surface area (Å²) < 4.78 is 14.7. The lowest BCUT2D eigenvalue weighted by Crippen LogP contribution is -1.97. The second-order valence-electron chi connectivity index (χ2n) is 4.38. The molecule has 5 heteroatoms. The van der Waals surface area contributed by atoms with Gasteiger partial charge in [-0.25, -0.2) is 9.07 Å².